The van der Waals surface area contributed by atoms with Gasteiger partial charge >= 0.3 is 12.1 Å². The first-order valence-corrected chi connectivity index (χ1v) is 19.0. The number of oxime groups is 1. The largest absolute Gasteiger partial charge is 0.448 e. The number of hydrogen-bond acceptors (Lipinski definition) is 11. The Hall–Kier alpha value is -5.18. The zero-order chi connectivity index (χ0) is 37.7. The number of nitrogens with one attached hydrogen (secondary N) is 2. The molecule has 12 nitrogen and oxygen atoms in total. The van der Waals surface area contributed by atoms with Gasteiger partial charge in [0.05, 0.1) is 0 Å². The third kappa shape index (κ3) is 8.56. The van der Waals surface area contributed by atoms with Crippen molar-refractivity contribution < 1.29 is 33.5 Å². The minimum Gasteiger partial charge on any atom is -0.448 e. The standard InChI is InChI=1S/C38H36ClN5O7S2/c1-38(2,3)51-37(48)42-36-40-27(21-53-36)28(43-49-4)32(45)41-29-33(46)44-30(26(20-52-34(29)44)23-17-15-22(19-39)16-18-23)35(47)50-31(24-11-7-5-8-12-24)25-13-9-6-10-14-25/h5-18,21,29,31,34H,19-20H2,1-4H3,(H,41,45)(H,40,42,48)/b43-28-/t29-,34-/m1/s1. The van der Waals surface area contributed by atoms with E-state index in [4.69, 9.17) is 25.9 Å². The summed E-state index contributed by atoms with van der Waals surface area (Å²) in [6.45, 7) is 5.19. The summed E-state index contributed by atoms with van der Waals surface area (Å²) in [5.74, 6) is -1.25. The van der Waals surface area contributed by atoms with Crippen LogP contribution < -0.4 is 10.6 Å². The van der Waals surface area contributed by atoms with Gasteiger partial charge in [-0.1, -0.05) is 90.1 Å². The lowest BCUT2D eigenvalue weighted by molar-refractivity contribution is -0.154. The number of alkyl halides is 1. The average molecular weight is 774 g/mol. The average Bonchev–Trinajstić information content (AvgIpc) is 3.61. The second kappa shape index (κ2) is 16.2. The first-order valence-electron chi connectivity index (χ1n) is 16.5. The SMILES string of the molecule is CO/N=C(\C(=O)N[C@@H]1C(=O)N2C(C(=O)OC(c3ccccc3)c3ccccc3)=C(c3ccc(CCl)cc3)CS[C@H]12)c1csc(NC(=O)OC(C)(C)C)n1. The number of anilines is 1. The highest BCUT2D eigenvalue weighted by Gasteiger charge is 2.55. The van der Waals surface area contributed by atoms with Crippen molar-refractivity contribution in [1.82, 2.24) is 15.2 Å². The van der Waals surface area contributed by atoms with Crippen molar-refractivity contribution in [3.63, 3.8) is 0 Å². The number of hydrogen-bond donors (Lipinski definition) is 2. The van der Waals surface area contributed by atoms with E-state index < -0.39 is 47.0 Å². The molecule has 2 atom stereocenters. The Kier molecular flexibility index (Phi) is 11.5. The Morgan fingerprint density at radius 3 is 2.23 bits per heavy atom. The van der Waals surface area contributed by atoms with Gasteiger partial charge in [-0.2, -0.15) is 0 Å². The first-order chi connectivity index (χ1) is 25.5. The molecule has 3 heterocycles. The maximum Gasteiger partial charge on any atom is 0.413 e. The molecule has 0 unspecified atom stereocenters. The van der Waals surface area contributed by atoms with E-state index in [0.717, 1.165) is 33.6 Å². The van der Waals surface area contributed by atoms with Crippen molar-refractivity contribution in [2.45, 2.75) is 49.8 Å². The Bertz CT molecular complexity index is 2010. The highest BCUT2D eigenvalue weighted by atomic mass is 35.5. The van der Waals surface area contributed by atoms with Gasteiger partial charge in [0.2, 0.25) is 0 Å². The van der Waals surface area contributed by atoms with Gasteiger partial charge in [0.25, 0.3) is 11.8 Å². The molecule has 15 heteroatoms. The maximum absolute atomic E-state index is 14.4. The van der Waals surface area contributed by atoms with Crippen molar-refractivity contribution >= 4 is 75.0 Å². The van der Waals surface area contributed by atoms with Crippen LogP contribution in [-0.2, 0) is 34.6 Å². The van der Waals surface area contributed by atoms with E-state index in [1.807, 2.05) is 84.9 Å². The molecule has 1 fully saturated rings. The van der Waals surface area contributed by atoms with Gasteiger partial charge in [-0.25, -0.2) is 14.6 Å². The van der Waals surface area contributed by atoms with Crippen LogP contribution in [0.1, 0.15) is 54.8 Å². The molecule has 0 spiro atoms. The molecule has 6 rings (SSSR count). The number of carbonyl (C=O) groups is 4. The molecule has 4 aromatic rings. The first kappa shape index (κ1) is 37.6. The minimum absolute atomic E-state index is 0.0999. The van der Waals surface area contributed by atoms with E-state index in [2.05, 4.69) is 20.8 Å². The predicted octanol–water partition coefficient (Wildman–Crippen LogP) is 6.72. The fourth-order valence-corrected chi connectivity index (χ4v) is 7.94. The van der Waals surface area contributed by atoms with Crippen LogP contribution in [-0.4, -0.2) is 69.4 Å². The zero-order valence-electron chi connectivity index (χ0n) is 29.2. The molecule has 3 aromatic carbocycles. The van der Waals surface area contributed by atoms with Crippen LogP contribution in [0.15, 0.2) is 101 Å². The molecule has 0 radical (unpaired) electrons. The number of benzene rings is 3. The Labute approximate surface area is 319 Å². The van der Waals surface area contributed by atoms with Crippen LogP contribution in [0, 0.1) is 0 Å². The van der Waals surface area contributed by atoms with E-state index in [9.17, 15) is 19.2 Å². The molecule has 1 aromatic heterocycles. The van der Waals surface area contributed by atoms with E-state index in [0.29, 0.717) is 17.2 Å². The maximum atomic E-state index is 14.4. The summed E-state index contributed by atoms with van der Waals surface area (Å²) < 4.78 is 11.5. The summed E-state index contributed by atoms with van der Waals surface area (Å²) in [5, 5.41) is 10.2. The summed E-state index contributed by atoms with van der Waals surface area (Å²) in [6, 6.07) is 25.2. The van der Waals surface area contributed by atoms with Crippen LogP contribution in [0.4, 0.5) is 9.93 Å². The van der Waals surface area contributed by atoms with Gasteiger partial charge in [0.15, 0.2) is 16.9 Å². The number of amides is 3. The second-order valence-electron chi connectivity index (χ2n) is 12.9. The van der Waals surface area contributed by atoms with Gasteiger partial charge in [-0.3, -0.25) is 19.8 Å². The van der Waals surface area contributed by atoms with Crippen molar-refractivity contribution in [3.8, 4) is 0 Å². The number of thiazole rings is 1. The normalized spacial score (nSPS) is 17.1. The third-order valence-corrected chi connectivity index (χ3v) is 10.4. The van der Waals surface area contributed by atoms with Crippen molar-refractivity contribution in [2.24, 2.45) is 5.16 Å². The second-order valence-corrected chi connectivity index (χ2v) is 15.1. The number of β-lactam (4-membered cyclic amide) rings is 1. The van der Waals surface area contributed by atoms with Crippen LogP contribution >= 0.6 is 34.7 Å². The smallest absolute Gasteiger partial charge is 0.413 e. The highest BCUT2D eigenvalue weighted by molar-refractivity contribution is 8.00. The molecule has 3 amide bonds. The molecular formula is C38H36ClN5O7S2. The molecule has 0 aliphatic carbocycles. The lowest BCUT2D eigenvalue weighted by atomic mass is 9.97. The Morgan fingerprint density at radius 1 is 1.00 bits per heavy atom. The Morgan fingerprint density at radius 2 is 1.64 bits per heavy atom. The summed E-state index contributed by atoms with van der Waals surface area (Å²) >= 11 is 8.51. The van der Waals surface area contributed by atoms with Crippen LogP contribution in [0.3, 0.4) is 0 Å². The fraction of sp³-hybridized carbons (Fsp3) is 0.263. The predicted molar refractivity (Wildman–Crippen MR) is 204 cm³/mol. The molecule has 274 valence electrons. The van der Waals surface area contributed by atoms with Gasteiger partial charge in [0.1, 0.15) is 35.5 Å². The lowest BCUT2D eigenvalue weighted by Crippen LogP contribution is -2.71. The number of nitrogens with zero attached hydrogens (tertiary/aromatic N) is 3. The van der Waals surface area contributed by atoms with E-state index in [1.54, 1.807) is 20.8 Å². The van der Waals surface area contributed by atoms with Crippen LogP contribution in [0.2, 0.25) is 0 Å². The summed E-state index contributed by atoms with van der Waals surface area (Å²) in [6.07, 6.45) is -1.46. The number of carbonyl (C=O) groups excluding carboxylic acids is 4. The molecule has 2 N–H and O–H groups in total. The molecular weight excluding hydrogens is 738 g/mol. The monoisotopic (exact) mass is 773 g/mol. The van der Waals surface area contributed by atoms with Crippen molar-refractivity contribution in [2.75, 3.05) is 18.2 Å². The number of aromatic nitrogens is 1. The molecule has 1 saturated heterocycles. The van der Waals surface area contributed by atoms with E-state index >= 15 is 0 Å². The number of esters is 1. The molecule has 0 bridgehead atoms. The third-order valence-electron chi connectivity index (χ3n) is 8.09. The number of rotatable bonds is 11. The lowest BCUT2D eigenvalue weighted by Gasteiger charge is -2.49. The highest BCUT2D eigenvalue weighted by Crippen LogP contribution is 2.44. The summed E-state index contributed by atoms with van der Waals surface area (Å²) in [4.78, 5) is 64.9. The summed E-state index contributed by atoms with van der Waals surface area (Å²) in [7, 11) is 1.27. The fourth-order valence-electron chi connectivity index (χ4n) is 5.71. The zero-order valence-corrected chi connectivity index (χ0v) is 31.6. The van der Waals surface area contributed by atoms with Gasteiger partial charge in [-0.05, 0) is 43.0 Å². The van der Waals surface area contributed by atoms with E-state index in [1.165, 1.54) is 29.2 Å². The van der Waals surface area contributed by atoms with Gasteiger partial charge in [0, 0.05) is 22.6 Å². The number of fused-ring (bicyclic) bond motifs is 1. The van der Waals surface area contributed by atoms with Crippen LogP contribution in [0.25, 0.3) is 5.57 Å². The van der Waals surface area contributed by atoms with Crippen molar-refractivity contribution in [1.29, 1.82) is 0 Å². The molecule has 0 saturated carbocycles. The number of thioether (sulfide) groups is 1. The molecule has 2 aliphatic heterocycles. The minimum atomic E-state index is -1.01. The van der Waals surface area contributed by atoms with E-state index in [-0.39, 0.29) is 22.2 Å². The molecule has 53 heavy (non-hydrogen) atoms. The number of ether oxygens (including phenoxy) is 2. The van der Waals surface area contributed by atoms with Crippen LogP contribution in [0.5, 0.6) is 0 Å². The quantitative estimate of drug-likeness (QED) is 0.0557. The molecule has 2 aliphatic rings. The summed E-state index contributed by atoms with van der Waals surface area (Å²) in [5.41, 5.74) is 3.06. The Balaban J connectivity index is 1.26. The van der Waals surface area contributed by atoms with Gasteiger partial charge in [-0.15, -0.1) is 34.7 Å². The topological polar surface area (TPSA) is 149 Å². The van der Waals surface area contributed by atoms with Gasteiger partial charge < -0.3 is 19.6 Å². The van der Waals surface area contributed by atoms with Crippen molar-refractivity contribution in [3.05, 3.63) is 124 Å². The number of halogens is 1.